The van der Waals surface area contributed by atoms with Gasteiger partial charge in [-0.3, -0.25) is 4.79 Å². The standard InChI is InChI=1S/C15H22N2O3/c1-5-20-15(19)11-6-7-12(10(4)8-11)17-14(18)13(16)9(2)3/h6-9,13H,5,16H2,1-4H3,(H,17,18). The molecule has 1 atom stereocenters. The summed E-state index contributed by atoms with van der Waals surface area (Å²) in [7, 11) is 0. The Bertz CT molecular complexity index is 498. The lowest BCUT2D eigenvalue weighted by atomic mass is 10.0. The number of ether oxygens (including phenoxy) is 1. The summed E-state index contributed by atoms with van der Waals surface area (Å²) >= 11 is 0. The zero-order chi connectivity index (χ0) is 15.3. The molecule has 0 bridgehead atoms. The average molecular weight is 278 g/mol. The molecule has 5 nitrogen and oxygen atoms in total. The molecule has 1 amide bonds. The molecule has 1 aromatic carbocycles. The summed E-state index contributed by atoms with van der Waals surface area (Å²) in [4.78, 5) is 23.5. The molecule has 5 heteroatoms. The second-order valence-electron chi connectivity index (χ2n) is 5.01. The summed E-state index contributed by atoms with van der Waals surface area (Å²) in [6, 6.07) is 4.45. The van der Waals surface area contributed by atoms with Gasteiger partial charge in [0.25, 0.3) is 0 Å². The third-order valence-corrected chi connectivity index (χ3v) is 3.02. The number of benzene rings is 1. The largest absolute Gasteiger partial charge is 0.462 e. The minimum Gasteiger partial charge on any atom is -0.462 e. The molecule has 0 spiro atoms. The van der Waals surface area contributed by atoms with Crippen LogP contribution in [0.5, 0.6) is 0 Å². The van der Waals surface area contributed by atoms with Crippen LogP contribution in [-0.4, -0.2) is 24.5 Å². The summed E-state index contributed by atoms with van der Waals surface area (Å²) in [6.45, 7) is 7.69. The number of hydrogen-bond acceptors (Lipinski definition) is 4. The Morgan fingerprint density at radius 1 is 1.35 bits per heavy atom. The molecule has 0 aromatic heterocycles. The predicted octanol–water partition coefficient (Wildman–Crippen LogP) is 2.09. The van der Waals surface area contributed by atoms with Gasteiger partial charge in [0, 0.05) is 5.69 Å². The van der Waals surface area contributed by atoms with Crippen LogP contribution in [0.2, 0.25) is 0 Å². The number of carbonyl (C=O) groups excluding carboxylic acids is 2. The first-order valence-corrected chi connectivity index (χ1v) is 6.71. The molecule has 0 aliphatic heterocycles. The van der Waals surface area contributed by atoms with E-state index < -0.39 is 6.04 Å². The van der Waals surface area contributed by atoms with Gasteiger partial charge < -0.3 is 15.8 Å². The van der Waals surface area contributed by atoms with Crippen LogP contribution in [0.25, 0.3) is 0 Å². The van der Waals surface area contributed by atoms with Crippen molar-refractivity contribution >= 4 is 17.6 Å². The van der Waals surface area contributed by atoms with Crippen LogP contribution < -0.4 is 11.1 Å². The smallest absolute Gasteiger partial charge is 0.338 e. The Morgan fingerprint density at radius 2 is 2.00 bits per heavy atom. The molecule has 0 aliphatic rings. The van der Waals surface area contributed by atoms with Crippen LogP contribution in [-0.2, 0) is 9.53 Å². The Labute approximate surface area is 119 Å². The Morgan fingerprint density at radius 3 is 2.50 bits per heavy atom. The molecule has 1 rings (SSSR count). The minimum atomic E-state index is -0.556. The van der Waals surface area contributed by atoms with E-state index in [1.807, 2.05) is 20.8 Å². The minimum absolute atomic E-state index is 0.0640. The van der Waals surface area contributed by atoms with E-state index in [2.05, 4.69) is 5.32 Å². The number of hydrogen-bond donors (Lipinski definition) is 2. The highest BCUT2D eigenvalue weighted by molar-refractivity contribution is 5.96. The van der Waals surface area contributed by atoms with Gasteiger partial charge in [-0.2, -0.15) is 0 Å². The number of carbonyl (C=O) groups is 2. The first-order chi connectivity index (χ1) is 9.36. The lowest BCUT2D eigenvalue weighted by Crippen LogP contribution is -2.39. The maximum absolute atomic E-state index is 11.9. The fraction of sp³-hybridized carbons (Fsp3) is 0.467. The van der Waals surface area contributed by atoms with E-state index in [1.54, 1.807) is 25.1 Å². The molecule has 0 radical (unpaired) electrons. The van der Waals surface area contributed by atoms with Gasteiger partial charge >= 0.3 is 5.97 Å². The molecule has 0 heterocycles. The summed E-state index contributed by atoms with van der Waals surface area (Å²) in [5, 5.41) is 2.77. The average Bonchev–Trinajstić information content (AvgIpc) is 2.40. The Balaban J connectivity index is 2.84. The third-order valence-electron chi connectivity index (χ3n) is 3.02. The maximum atomic E-state index is 11.9. The normalized spacial score (nSPS) is 12.1. The molecule has 110 valence electrons. The van der Waals surface area contributed by atoms with Crippen molar-refractivity contribution in [3.8, 4) is 0 Å². The van der Waals surface area contributed by atoms with Gasteiger partial charge in [-0.1, -0.05) is 13.8 Å². The quantitative estimate of drug-likeness (QED) is 0.808. The lowest BCUT2D eigenvalue weighted by Gasteiger charge is -2.16. The fourth-order valence-electron chi connectivity index (χ4n) is 1.66. The number of nitrogens with one attached hydrogen (secondary N) is 1. The Kier molecular flexibility index (Phi) is 5.70. The number of anilines is 1. The van der Waals surface area contributed by atoms with E-state index in [-0.39, 0.29) is 17.8 Å². The first-order valence-electron chi connectivity index (χ1n) is 6.71. The van der Waals surface area contributed by atoms with Crippen molar-refractivity contribution in [1.29, 1.82) is 0 Å². The van der Waals surface area contributed by atoms with Crippen molar-refractivity contribution < 1.29 is 14.3 Å². The number of amides is 1. The van der Waals surface area contributed by atoms with Crippen LogP contribution in [0.1, 0.15) is 36.7 Å². The van der Waals surface area contributed by atoms with Crippen LogP contribution in [0.15, 0.2) is 18.2 Å². The second-order valence-corrected chi connectivity index (χ2v) is 5.01. The molecule has 0 aliphatic carbocycles. The number of aryl methyl sites for hydroxylation is 1. The van der Waals surface area contributed by atoms with Gasteiger partial charge in [0.2, 0.25) is 5.91 Å². The summed E-state index contributed by atoms with van der Waals surface area (Å²) in [5.41, 5.74) is 7.70. The first kappa shape index (κ1) is 16.2. The van der Waals surface area contributed by atoms with Crippen LogP contribution in [0.3, 0.4) is 0 Å². The highest BCUT2D eigenvalue weighted by Crippen LogP contribution is 2.18. The second kappa shape index (κ2) is 7.05. The van der Waals surface area contributed by atoms with E-state index in [4.69, 9.17) is 10.5 Å². The maximum Gasteiger partial charge on any atom is 0.338 e. The van der Waals surface area contributed by atoms with E-state index in [0.717, 1.165) is 5.56 Å². The molecule has 3 N–H and O–H groups in total. The fourth-order valence-corrected chi connectivity index (χ4v) is 1.66. The van der Waals surface area contributed by atoms with Gasteiger partial charge in [0.15, 0.2) is 0 Å². The number of nitrogens with two attached hydrogens (primary N) is 1. The van der Waals surface area contributed by atoms with Crippen molar-refractivity contribution in [3.05, 3.63) is 29.3 Å². The molecule has 0 saturated heterocycles. The predicted molar refractivity (Wildman–Crippen MR) is 78.6 cm³/mol. The summed E-state index contributed by atoms with van der Waals surface area (Å²) < 4.78 is 4.93. The van der Waals surface area contributed by atoms with Crippen LogP contribution in [0.4, 0.5) is 5.69 Å². The monoisotopic (exact) mass is 278 g/mol. The number of esters is 1. The van der Waals surface area contributed by atoms with E-state index in [1.165, 1.54) is 0 Å². The van der Waals surface area contributed by atoms with E-state index >= 15 is 0 Å². The summed E-state index contributed by atoms with van der Waals surface area (Å²) in [5.74, 6) is -0.534. The molecular formula is C15H22N2O3. The number of rotatable bonds is 5. The van der Waals surface area contributed by atoms with Crippen LogP contribution in [0, 0.1) is 12.8 Å². The molecule has 1 unspecified atom stereocenters. The SMILES string of the molecule is CCOC(=O)c1ccc(NC(=O)C(N)C(C)C)c(C)c1. The topological polar surface area (TPSA) is 81.4 Å². The lowest BCUT2D eigenvalue weighted by molar-refractivity contribution is -0.118. The van der Waals surface area contributed by atoms with Crippen molar-refractivity contribution in [3.63, 3.8) is 0 Å². The van der Waals surface area contributed by atoms with E-state index in [0.29, 0.717) is 17.9 Å². The molecule has 20 heavy (non-hydrogen) atoms. The van der Waals surface area contributed by atoms with Crippen molar-refractivity contribution in [1.82, 2.24) is 0 Å². The molecule has 1 aromatic rings. The van der Waals surface area contributed by atoms with Gasteiger partial charge in [0.05, 0.1) is 18.2 Å². The van der Waals surface area contributed by atoms with E-state index in [9.17, 15) is 9.59 Å². The van der Waals surface area contributed by atoms with Gasteiger partial charge in [-0.15, -0.1) is 0 Å². The molecule has 0 fully saturated rings. The van der Waals surface area contributed by atoms with Gasteiger partial charge in [-0.05, 0) is 43.5 Å². The van der Waals surface area contributed by atoms with Crippen molar-refractivity contribution in [2.45, 2.75) is 33.7 Å². The Hall–Kier alpha value is -1.88. The molecule has 0 saturated carbocycles. The van der Waals surface area contributed by atoms with Crippen molar-refractivity contribution in [2.75, 3.05) is 11.9 Å². The van der Waals surface area contributed by atoms with Crippen molar-refractivity contribution in [2.24, 2.45) is 11.7 Å². The highest BCUT2D eigenvalue weighted by atomic mass is 16.5. The zero-order valence-electron chi connectivity index (χ0n) is 12.4. The zero-order valence-corrected chi connectivity index (χ0v) is 12.4. The van der Waals surface area contributed by atoms with Gasteiger partial charge in [0.1, 0.15) is 0 Å². The molecular weight excluding hydrogens is 256 g/mol. The highest BCUT2D eigenvalue weighted by Gasteiger charge is 2.18. The summed E-state index contributed by atoms with van der Waals surface area (Å²) in [6.07, 6.45) is 0. The van der Waals surface area contributed by atoms with Gasteiger partial charge in [-0.25, -0.2) is 4.79 Å². The third kappa shape index (κ3) is 4.06. The van der Waals surface area contributed by atoms with Crippen LogP contribution >= 0.6 is 0 Å².